The quantitative estimate of drug-likeness (QED) is 0.295. The Bertz CT molecular complexity index is 564. The number of guanidine groups is 1. The molecule has 0 spiro atoms. The second-order valence-electron chi connectivity index (χ2n) is 4.99. The van der Waals surface area contributed by atoms with Crippen molar-refractivity contribution in [3.63, 3.8) is 0 Å². The first-order chi connectivity index (χ1) is 9.49. The molecule has 20 heavy (non-hydrogen) atoms. The Labute approximate surface area is 117 Å². The van der Waals surface area contributed by atoms with Gasteiger partial charge in [-0.05, 0) is 19.9 Å². The van der Waals surface area contributed by atoms with E-state index in [0.29, 0.717) is 5.75 Å². The number of rotatable bonds is 1. The van der Waals surface area contributed by atoms with Crippen LogP contribution in [-0.4, -0.2) is 34.8 Å². The molecule has 3 N–H and O–H groups in total. The van der Waals surface area contributed by atoms with Crippen LogP contribution in [-0.2, 0) is 0 Å². The molecule has 7 nitrogen and oxygen atoms in total. The predicted octanol–water partition coefficient (Wildman–Crippen LogP) is 0.301. The van der Waals surface area contributed by atoms with Gasteiger partial charge in [0.25, 0.3) is 0 Å². The van der Waals surface area contributed by atoms with Crippen LogP contribution < -0.4 is 15.4 Å². The number of hydrogen-bond acceptors (Lipinski definition) is 5. The smallest absolute Gasteiger partial charge is 0.205 e. The van der Waals surface area contributed by atoms with Crippen molar-refractivity contribution in [1.29, 1.82) is 5.26 Å². The summed E-state index contributed by atoms with van der Waals surface area (Å²) in [6, 6.07) is 1.28. The van der Waals surface area contributed by atoms with Gasteiger partial charge in [0.05, 0.1) is 6.04 Å². The number of fused-ring (bicyclic) bond motifs is 1. The van der Waals surface area contributed by atoms with Crippen molar-refractivity contribution >= 4 is 5.96 Å². The zero-order valence-electron chi connectivity index (χ0n) is 11.6. The second-order valence-corrected chi connectivity index (χ2v) is 4.99. The predicted molar refractivity (Wildman–Crippen MR) is 72.9 cm³/mol. The minimum absolute atomic E-state index is 0.282. The molecule has 1 aromatic heterocycles. The third kappa shape index (κ3) is 2.51. The fourth-order valence-corrected chi connectivity index (χ4v) is 2.15. The summed E-state index contributed by atoms with van der Waals surface area (Å²) in [7, 11) is 1.55. The number of pyridine rings is 1. The number of nitrogens with one attached hydrogen (secondary N) is 2. The molecule has 0 bridgehead atoms. The van der Waals surface area contributed by atoms with E-state index in [9.17, 15) is 5.11 Å². The van der Waals surface area contributed by atoms with Crippen LogP contribution in [0.15, 0.2) is 23.5 Å². The van der Waals surface area contributed by atoms with Gasteiger partial charge in [0, 0.05) is 25.0 Å². The lowest BCUT2D eigenvalue weighted by molar-refractivity contribution is -0.0613. The Morgan fingerprint density at radius 1 is 1.60 bits per heavy atom. The molecule has 106 valence electrons. The molecule has 2 heterocycles. The van der Waals surface area contributed by atoms with Gasteiger partial charge >= 0.3 is 0 Å². The summed E-state index contributed by atoms with van der Waals surface area (Å²) >= 11 is 0. The normalized spacial score (nSPS) is 24.1. The van der Waals surface area contributed by atoms with Crippen LogP contribution in [0.3, 0.4) is 0 Å². The highest BCUT2D eigenvalue weighted by Gasteiger charge is 2.43. The molecule has 1 aliphatic heterocycles. The number of aromatic nitrogens is 1. The van der Waals surface area contributed by atoms with Crippen molar-refractivity contribution in [2.24, 2.45) is 4.99 Å². The van der Waals surface area contributed by atoms with E-state index in [1.54, 1.807) is 45.5 Å². The van der Waals surface area contributed by atoms with Crippen LogP contribution in [0.5, 0.6) is 5.75 Å². The van der Waals surface area contributed by atoms with Crippen molar-refractivity contribution in [2.75, 3.05) is 7.05 Å². The molecule has 0 aromatic carbocycles. The van der Waals surface area contributed by atoms with Gasteiger partial charge in [0.2, 0.25) is 5.96 Å². The van der Waals surface area contributed by atoms with E-state index in [0.717, 1.165) is 5.56 Å². The van der Waals surface area contributed by atoms with E-state index < -0.39 is 17.7 Å². The van der Waals surface area contributed by atoms with Gasteiger partial charge in [-0.3, -0.25) is 15.3 Å². The summed E-state index contributed by atoms with van der Waals surface area (Å²) in [5.41, 5.74) is -0.0439. The molecular weight excluding hydrogens is 258 g/mol. The van der Waals surface area contributed by atoms with Gasteiger partial charge < -0.3 is 15.2 Å². The largest absolute Gasteiger partial charge is 0.485 e. The molecule has 1 unspecified atom stereocenters. The Morgan fingerprint density at radius 3 is 3.00 bits per heavy atom. The van der Waals surface area contributed by atoms with E-state index in [4.69, 9.17) is 10.00 Å². The van der Waals surface area contributed by atoms with Crippen LogP contribution in [0, 0.1) is 11.5 Å². The van der Waals surface area contributed by atoms with Crippen LogP contribution in [0.2, 0.25) is 0 Å². The SMILES string of the molecule is CN=C(NC#N)NC1c2cnccc2OC(C)(C)[C@H]1O. The summed E-state index contributed by atoms with van der Waals surface area (Å²) in [5, 5.41) is 24.6. The number of ether oxygens (including phenoxy) is 1. The number of aliphatic hydroxyl groups excluding tert-OH is 1. The average molecular weight is 275 g/mol. The van der Waals surface area contributed by atoms with E-state index in [1.807, 2.05) is 0 Å². The molecule has 0 saturated carbocycles. The van der Waals surface area contributed by atoms with Crippen LogP contribution in [0.4, 0.5) is 0 Å². The molecule has 0 aliphatic carbocycles. The first kappa shape index (κ1) is 14.1. The topological polar surface area (TPSA) is 103 Å². The first-order valence-electron chi connectivity index (χ1n) is 6.19. The molecule has 0 radical (unpaired) electrons. The van der Waals surface area contributed by atoms with Crippen molar-refractivity contribution < 1.29 is 9.84 Å². The number of nitriles is 1. The first-order valence-corrected chi connectivity index (χ1v) is 6.19. The van der Waals surface area contributed by atoms with E-state index >= 15 is 0 Å². The Morgan fingerprint density at radius 2 is 2.35 bits per heavy atom. The summed E-state index contributed by atoms with van der Waals surface area (Å²) in [6.45, 7) is 3.60. The van der Waals surface area contributed by atoms with Crippen LogP contribution >= 0.6 is 0 Å². The molecule has 2 atom stereocenters. The van der Waals surface area contributed by atoms with Crippen molar-refractivity contribution in [3.8, 4) is 11.9 Å². The lowest BCUT2D eigenvalue weighted by Crippen LogP contribution is -2.54. The third-order valence-corrected chi connectivity index (χ3v) is 3.24. The molecule has 7 heteroatoms. The highest BCUT2D eigenvalue weighted by Crippen LogP contribution is 2.38. The maximum atomic E-state index is 10.5. The van der Waals surface area contributed by atoms with Crippen molar-refractivity contribution in [3.05, 3.63) is 24.0 Å². The molecule has 1 aliphatic rings. The summed E-state index contributed by atoms with van der Waals surface area (Å²) in [5.74, 6) is 0.935. The molecule has 0 saturated heterocycles. The minimum atomic E-state index is -0.823. The van der Waals surface area contributed by atoms with Gasteiger partial charge in [-0.15, -0.1) is 0 Å². The zero-order valence-corrected chi connectivity index (χ0v) is 11.6. The van der Waals surface area contributed by atoms with Crippen molar-refractivity contribution in [2.45, 2.75) is 31.6 Å². The maximum Gasteiger partial charge on any atom is 0.205 e. The number of aliphatic imine (C=N–C) groups is 1. The zero-order chi connectivity index (χ0) is 14.8. The van der Waals surface area contributed by atoms with Gasteiger partial charge in [-0.1, -0.05) is 0 Å². The average Bonchev–Trinajstić information content (AvgIpc) is 2.42. The second kappa shape index (κ2) is 5.35. The summed E-state index contributed by atoms with van der Waals surface area (Å²) in [6.07, 6.45) is 4.23. The van der Waals surface area contributed by atoms with E-state index in [2.05, 4.69) is 20.6 Å². The lowest BCUT2D eigenvalue weighted by atomic mass is 9.87. The molecule has 2 rings (SSSR count). The fraction of sp³-hybridized carbons (Fsp3) is 0.462. The van der Waals surface area contributed by atoms with Crippen molar-refractivity contribution in [1.82, 2.24) is 15.6 Å². The van der Waals surface area contributed by atoms with Crippen LogP contribution in [0.1, 0.15) is 25.5 Å². The lowest BCUT2D eigenvalue weighted by Gasteiger charge is -2.42. The number of hydrogen-bond donors (Lipinski definition) is 3. The fourth-order valence-electron chi connectivity index (χ4n) is 2.15. The van der Waals surface area contributed by atoms with Gasteiger partial charge in [-0.2, -0.15) is 5.26 Å². The highest BCUT2D eigenvalue weighted by molar-refractivity contribution is 5.81. The Balaban J connectivity index is 2.37. The van der Waals surface area contributed by atoms with Gasteiger partial charge in [0.1, 0.15) is 17.5 Å². The third-order valence-electron chi connectivity index (χ3n) is 3.24. The highest BCUT2D eigenvalue weighted by atomic mass is 16.5. The molecule has 1 aromatic rings. The molecular formula is C13H17N5O2. The summed E-state index contributed by atoms with van der Waals surface area (Å²) in [4.78, 5) is 7.98. The minimum Gasteiger partial charge on any atom is -0.485 e. The van der Waals surface area contributed by atoms with E-state index in [-0.39, 0.29) is 5.96 Å². The van der Waals surface area contributed by atoms with Crippen LogP contribution in [0.25, 0.3) is 0 Å². The number of nitrogens with zero attached hydrogens (tertiary/aromatic N) is 3. The number of aliphatic hydroxyl groups is 1. The summed E-state index contributed by atoms with van der Waals surface area (Å²) < 4.78 is 5.78. The molecule has 0 amide bonds. The standard InChI is InChI=1S/C13H17N5O2/c1-13(2)11(19)10(18-12(15-3)17-7-14)8-6-16-5-4-9(8)20-13/h4-6,10-11,19H,1-3H3,(H2,15,17,18)/t10?,11-/m0/s1. The van der Waals surface area contributed by atoms with Gasteiger partial charge in [0.15, 0.2) is 6.19 Å². The maximum absolute atomic E-state index is 10.5. The van der Waals surface area contributed by atoms with E-state index in [1.165, 1.54) is 0 Å². The Kier molecular flexibility index (Phi) is 3.77. The monoisotopic (exact) mass is 275 g/mol. The molecule has 0 fully saturated rings. The Hall–Kier alpha value is -2.33. The van der Waals surface area contributed by atoms with Gasteiger partial charge in [-0.25, -0.2) is 0 Å².